The van der Waals surface area contributed by atoms with Crippen LogP contribution in [0.15, 0.2) is 40.9 Å². The highest BCUT2D eigenvalue weighted by Crippen LogP contribution is 2.21. The number of aryl methyl sites for hydroxylation is 1. The summed E-state index contributed by atoms with van der Waals surface area (Å²) in [4.78, 5) is 0.364. The largest absolute Gasteiger partial charge is 0.389 e. The van der Waals surface area contributed by atoms with Gasteiger partial charge in [0.1, 0.15) is 10.8 Å². The molecular weight excluding hydrogens is 351 g/mol. The van der Waals surface area contributed by atoms with Crippen LogP contribution in [0.2, 0.25) is 0 Å². The Hall–Kier alpha value is -1.46. The molecule has 2 aromatic rings. The third kappa shape index (κ3) is 4.25. The second-order valence-corrected chi connectivity index (χ2v) is 6.16. The summed E-state index contributed by atoms with van der Waals surface area (Å²) in [6.07, 6.45) is 0.801. The van der Waals surface area contributed by atoms with Crippen molar-refractivity contribution in [3.05, 3.63) is 63.4 Å². The number of thiocarbonyl (C=S) groups is 1. The van der Waals surface area contributed by atoms with Crippen molar-refractivity contribution in [2.24, 2.45) is 5.73 Å². The minimum atomic E-state index is -0.202. The first-order chi connectivity index (χ1) is 9.97. The van der Waals surface area contributed by atoms with Gasteiger partial charge in [0, 0.05) is 22.3 Å². The maximum absolute atomic E-state index is 13.1. The van der Waals surface area contributed by atoms with Crippen LogP contribution >= 0.6 is 28.1 Å². The molecule has 21 heavy (non-hydrogen) atoms. The monoisotopic (exact) mass is 366 g/mol. The fourth-order valence-corrected chi connectivity index (χ4v) is 2.69. The Morgan fingerprint density at radius 2 is 2.05 bits per heavy atom. The molecule has 0 saturated heterocycles. The van der Waals surface area contributed by atoms with E-state index in [-0.39, 0.29) is 5.82 Å². The summed E-state index contributed by atoms with van der Waals surface area (Å²) in [6.45, 7) is 2.64. The highest BCUT2D eigenvalue weighted by Gasteiger charge is 2.06. The molecule has 0 amide bonds. The van der Waals surface area contributed by atoms with E-state index in [2.05, 4.69) is 21.2 Å². The first-order valence-corrected chi connectivity index (χ1v) is 7.76. The Kier molecular flexibility index (Phi) is 5.31. The molecule has 0 radical (unpaired) electrons. The normalized spacial score (nSPS) is 10.4. The minimum Gasteiger partial charge on any atom is -0.389 e. The van der Waals surface area contributed by atoms with Gasteiger partial charge in [-0.25, -0.2) is 4.39 Å². The summed E-state index contributed by atoms with van der Waals surface area (Å²) < 4.78 is 14.0. The molecule has 0 bridgehead atoms. The van der Waals surface area contributed by atoms with Gasteiger partial charge in [-0.1, -0.05) is 34.2 Å². The van der Waals surface area contributed by atoms with Crippen LogP contribution in [0.4, 0.5) is 10.1 Å². The first kappa shape index (κ1) is 15.9. The van der Waals surface area contributed by atoms with Gasteiger partial charge in [-0.05, 0) is 54.8 Å². The molecule has 0 aromatic heterocycles. The fraction of sp³-hybridized carbons (Fsp3) is 0.188. The van der Waals surface area contributed by atoms with Gasteiger partial charge in [0.25, 0.3) is 0 Å². The highest BCUT2D eigenvalue weighted by atomic mass is 79.9. The number of rotatable bonds is 5. The lowest BCUT2D eigenvalue weighted by molar-refractivity contribution is 0.625. The van der Waals surface area contributed by atoms with Gasteiger partial charge < -0.3 is 11.1 Å². The van der Waals surface area contributed by atoms with Crippen molar-refractivity contribution in [3.8, 4) is 0 Å². The van der Waals surface area contributed by atoms with Crippen molar-refractivity contribution < 1.29 is 4.39 Å². The van der Waals surface area contributed by atoms with E-state index < -0.39 is 0 Å². The van der Waals surface area contributed by atoms with Gasteiger partial charge in [-0.15, -0.1) is 0 Å². The number of hydrogen-bond donors (Lipinski definition) is 2. The molecule has 3 N–H and O–H groups in total. The molecule has 0 aliphatic heterocycles. The van der Waals surface area contributed by atoms with E-state index in [1.54, 1.807) is 6.07 Å². The number of halogens is 2. The van der Waals surface area contributed by atoms with Crippen molar-refractivity contribution in [3.63, 3.8) is 0 Å². The smallest absolute Gasteiger partial charge is 0.123 e. The lowest BCUT2D eigenvalue weighted by Crippen LogP contribution is -2.14. The molecule has 0 atom stereocenters. The van der Waals surface area contributed by atoms with E-state index in [1.165, 1.54) is 6.07 Å². The van der Waals surface area contributed by atoms with E-state index in [0.717, 1.165) is 39.8 Å². The van der Waals surface area contributed by atoms with E-state index in [4.69, 9.17) is 18.0 Å². The molecule has 0 unspecified atom stereocenters. The summed E-state index contributed by atoms with van der Waals surface area (Å²) in [5.41, 5.74) is 9.53. The summed E-state index contributed by atoms with van der Waals surface area (Å²) in [5.74, 6) is -0.202. The van der Waals surface area contributed by atoms with Crippen LogP contribution in [0.5, 0.6) is 0 Å². The number of nitrogens with one attached hydrogen (secondary N) is 1. The molecule has 0 fully saturated rings. The molecule has 0 aliphatic rings. The number of hydrogen-bond acceptors (Lipinski definition) is 2. The SMILES string of the molecule is Cc1cc(F)ccc1CCNc1cc(Br)ccc1C(N)=S. The van der Waals surface area contributed by atoms with Crippen LogP contribution in [-0.4, -0.2) is 11.5 Å². The third-order valence-corrected chi connectivity index (χ3v) is 3.97. The summed E-state index contributed by atoms with van der Waals surface area (Å²) in [5, 5.41) is 3.33. The van der Waals surface area contributed by atoms with Crippen molar-refractivity contribution >= 4 is 38.8 Å². The molecule has 2 aromatic carbocycles. The molecule has 0 aliphatic carbocycles. The van der Waals surface area contributed by atoms with E-state index in [0.29, 0.717) is 4.99 Å². The maximum Gasteiger partial charge on any atom is 0.123 e. The minimum absolute atomic E-state index is 0.202. The molecule has 0 saturated carbocycles. The molecule has 5 heteroatoms. The topological polar surface area (TPSA) is 38.0 Å². The molecule has 110 valence electrons. The van der Waals surface area contributed by atoms with Gasteiger partial charge in [-0.2, -0.15) is 0 Å². The average molecular weight is 367 g/mol. The molecule has 2 rings (SSSR count). The molecule has 0 heterocycles. The lowest BCUT2D eigenvalue weighted by atomic mass is 10.1. The van der Waals surface area contributed by atoms with Gasteiger partial charge >= 0.3 is 0 Å². The molecule has 0 spiro atoms. The Bertz CT molecular complexity index is 673. The van der Waals surface area contributed by atoms with Crippen LogP contribution < -0.4 is 11.1 Å². The predicted octanol–water partition coefficient (Wildman–Crippen LogP) is 4.19. The van der Waals surface area contributed by atoms with Gasteiger partial charge in [-0.3, -0.25) is 0 Å². The van der Waals surface area contributed by atoms with Crippen LogP contribution in [0.25, 0.3) is 0 Å². The van der Waals surface area contributed by atoms with E-state index >= 15 is 0 Å². The fourth-order valence-electron chi connectivity index (χ4n) is 2.15. The average Bonchev–Trinajstić information content (AvgIpc) is 2.41. The van der Waals surface area contributed by atoms with Crippen molar-refractivity contribution in [1.29, 1.82) is 0 Å². The van der Waals surface area contributed by atoms with E-state index in [9.17, 15) is 4.39 Å². The quantitative estimate of drug-likeness (QED) is 0.779. The molecular formula is C16H16BrFN2S. The van der Waals surface area contributed by atoms with Crippen LogP contribution in [0, 0.1) is 12.7 Å². The zero-order valence-electron chi connectivity index (χ0n) is 11.6. The van der Waals surface area contributed by atoms with Crippen LogP contribution in [0.1, 0.15) is 16.7 Å². The number of nitrogens with two attached hydrogens (primary N) is 1. The van der Waals surface area contributed by atoms with Crippen molar-refractivity contribution in [2.45, 2.75) is 13.3 Å². The zero-order chi connectivity index (χ0) is 15.4. The highest BCUT2D eigenvalue weighted by molar-refractivity contribution is 9.10. The number of benzene rings is 2. The van der Waals surface area contributed by atoms with Crippen LogP contribution in [-0.2, 0) is 6.42 Å². The Morgan fingerprint density at radius 1 is 1.29 bits per heavy atom. The Morgan fingerprint density at radius 3 is 2.71 bits per heavy atom. The second-order valence-electron chi connectivity index (χ2n) is 4.80. The molecule has 2 nitrogen and oxygen atoms in total. The van der Waals surface area contributed by atoms with E-state index in [1.807, 2.05) is 31.2 Å². The van der Waals surface area contributed by atoms with Gasteiger partial charge in [0.2, 0.25) is 0 Å². The third-order valence-electron chi connectivity index (χ3n) is 3.26. The van der Waals surface area contributed by atoms with Crippen molar-refractivity contribution in [1.82, 2.24) is 0 Å². The number of anilines is 1. The second kappa shape index (κ2) is 7.00. The predicted molar refractivity (Wildman–Crippen MR) is 93.4 cm³/mol. The maximum atomic E-state index is 13.1. The standard InChI is InChI=1S/C16H16BrFN2S/c1-10-8-13(18)4-2-11(10)6-7-20-15-9-12(17)3-5-14(15)16(19)21/h2-5,8-9,20H,6-7H2,1H3,(H2,19,21). The summed E-state index contributed by atoms with van der Waals surface area (Å²) in [6, 6.07) is 10.6. The first-order valence-electron chi connectivity index (χ1n) is 6.55. The Balaban J connectivity index is 2.06. The Labute approximate surface area is 137 Å². The summed E-state index contributed by atoms with van der Waals surface area (Å²) >= 11 is 8.49. The summed E-state index contributed by atoms with van der Waals surface area (Å²) in [7, 11) is 0. The zero-order valence-corrected chi connectivity index (χ0v) is 14.0. The van der Waals surface area contributed by atoms with Crippen molar-refractivity contribution in [2.75, 3.05) is 11.9 Å². The van der Waals surface area contributed by atoms with Gasteiger partial charge in [0.05, 0.1) is 0 Å². The lowest BCUT2D eigenvalue weighted by Gasteiger charge is -2.12. The van der Waals surface area contributed by atoms with Crippen LogP contribution in [0.3, 0.4) is 0 Å². The van der Waals surface area contributed by atoms with Gasteiger partial charge in [0.15, 0.2) is 0 Å².